The molecule has 0 aliphatic carbocycles. The fourth-order valence-electron chi connectivity index (χ4n) is 4.66. The van der Waals surface area contributed by atoms with E-state index in [0.717, 1.165) is 22.1 Å². The summed E-state index contributed by atoms with van der Waals surface area (Å²) < 4.78 is 10.6. The smallest absolute Gasteiger partial charge is 0.305 e. The Morgan fingerprint density at radius 3 is 2.58 bits per heavy atom. The lowest BCUT2D eigenvalue weighted by atomic mass is 9.84. The summed E-state index contributed by atoms with van der Waals surface area (Å²) >= 11 is 6.03. The van der Waals surface area contributed by atoms with Crippen molar-refractivity contribution >= 4 is 40.4 Å². The zero-order valence-corrected chi connectivity index (χ0v) is 21.4. The minimum atomic E-state index is -0.938. The summed E-state index contributed by atoms with van der Waals surface area (Å²) in [5, 5.41) is 1.52. The first-order chi connectivity index (χ1) is 17.3. The summed E-state index contributed by atoms with van der Waals surface area (Å²) in [6.07, 6.45) is 3.07. The number of furan rings is 1. The summed E-state index contributed by atoms with van der Waals surface area (Å²) in [5.74, 6) is -0.519. The Balaban J connectivity index is 1.48. The molecular formula is C28H31ClN2O5. The molecule has 3 aromatic rings. The second kappa shape index (κ2) is 11.2. The molecule has 0 N–H and O–H groups in total. The Morgan fingerprint density at radius 1 is 1.14 bits per heavy atom. The largest absolute Gasteiger partial charge is 0.466 e. The molecule has 1 atom stereocenters. The van der Waals surface area contributed by atoms with Crippen LogP contribution in [0.15, 0.2) is 59.2 Å². The van der Waals surface area contributed by atoms with E-state index in [-0.39, 0.29) is 30.6 Å². The number of ether oxygens (including phenoxy) is 1. The molecule has 1 aliphatic heterocycles. The molecule has 1 fully saturated rings. The molecule has 36 heavy (non-hydrogen) atoms. The zero-order chi connectivity index (χ0) is 25.7. The van der Waals surface area contributed by atoms with Gasteiger partial charge in [-0.05, 0) is 50.5 Å². The lowest BCUT2D eigenvalue weighted by molar-refractivity contribution is -0.164. The van der Waals surface area contributed by atoms with Gasteiger partial charge in [-0.15, -0.1) is 0 Å². The lowest BCUT2D eigenvalue weighted by Crippen LogP contribution is -2.68. The quantitative estimate of drug-likeness (QED) is 0.359. The molecule has 2 amide bonds. The van der Waals surface area contributed by atoms with Crippen LogP contribution in [0, 0.1) is 0 Å². The van der Waals surface area contributed by atoms with E-state index in [9.17, 15) is 14.4 Å². The van der Waals surface area contributed by atoms with Crippen LogP contribution in [0.5, 0.6) is 0 Å². The van der Waals surface area contributed by atoms with E-state index in [1.165, 1.54) is 0 Å². The molecule has 1 aliphatic rings. The first-order valence-corrected chi connectivity index (χ1v) is 12.6. The first-order valence-electron chi connectivity index (χ1n) is 12.3. The number of para-hydroxylation sites is 1. The molecule has 0 bridgehead atoms. The minimum absolute atomic E-state index is 0.110. The maximum Gasteiger partial charge on any atom is 0.305 e. The molecule has 1 unspecified atom stereocenters. The number of halogens is 1. The van der Waals surface area contributed by atoms with E-state index < -0.39 is 5.54 Å². The zero-order valence-electron chi connectivity index (χ0n) is 20.7. The lowest BCUT2D eigenvalue weighted by Gasteiger charge is -2.51. The van der Waals surface area contributed by atoms with Crippen LogP contribution in [0.2, 0.25) is 5.02 Å². The van der Waals surface area contributed by atoms with Crippen LogP contribution in [0.4, 0.5) is 0 Å². The van der Waals surface area contributed by atoms with Crippen LogP contribution < -0.4 is 0 Å². The Kier molecular flexibility index (Phi) is 7.99. The van der Waals surface area contributed by atoms with Crippen molar-refractivity contribution in [2.45, 2.75) is 51.6 Å². The fourth-order valence-corrected chi connectivity index (χ4v) is 4.79. The van der Waals surface area contributed by atoms with Crippen LogP contribution in [0.25, 0.3) is 11.0 Å². The molecule has 1 aromatic heterocycles. The van der Waals surface area contributed by atoms with E-state index in [1.54, 1.807) is 35.1 Å². The van der Waals surface area contributed by atoms with Gasteiger partial charge >= 0.3 is 5.97 Å². The minimum Gasteiger partial charge on any atom is -0.466 e. The normalized spacial score (nSPS) is 17.0. The van der Waals surface area contributed by atoms with E-state index >= 15 is 0 Å². The van der Waals surface area contributed by atoms with E-state index in [2.05, 4.69) is 0 Å². The van der Waals surface area contributed by atoms with Crippen molar-refractivity contribution < 1.29 is 23.5 Å². The van der Waals surface area contributed by atoms with Gasteiger partial charge in [0.1, 0.15) is 11.1 Å². The number of hydrogen-bond acceptors (Lipinski definition) is 5. The second-order valence-corrected chi connectivity index (χ2v) is 9.70. The molecule has 2 heterocycles. The number of amides is 2. The SMILES string of the molecule is CCOC(=O)CCCN(Cc1ccc(Cl)cc1)C(=O)C1(C)CCN1C(=O)Cc1coc2ccccc12. The highest BCUT2D eigenvalue weighted by Gasteiger charge is 2.50. The number of likely N-dealkylation sites (tertiary alicyclic amines) is 1. The van der Waals surface area contributed by atoms with Crippen LogP contribution in [0.3, 0.4) is 0 Å². The molecule has 190 valence electrons. The van der Waals surface area contributed by atoms with Gasteiger partial charge in [-0.3, -0.25) is 14.4 Å². The van der Waals surface area contributed by atoms with Gasteiger partial charge in [-0.25, -0.2) is 0 Å². The maximum absolute atomic E-state index is 13.8. The number of carbonyl (C=O) groups excluding carboxylic acids is 3. The standard InChI is InChI=1S/C28H31ClN2O5/c1-3-35-26(33)9-6-15-30(18-20-10-12-22(29)13-11-20)27(34)28(2)14-16-31(28)25(32)17-21-19-36-24-8-5-4-7-23(21)24/h4-5,7-8,10-13,19H,3,6,9,14-18H2,1-2H3. The Hall–Kier alpha value is -3.32. The number of hydrogen-bond donors (Lipinski definition) is 0. The fraction of sp³-hybridized carbons (Fsp3) is 0.393. The van der Waals surface area contributed by atoms with Crippen molar-refractivity contribution in [2.75, 3.05) is 19.7 Å². The molecule has 7 nitrogen and oxygen atoms in total. The highest BCUT2D eigenvalue weighted by Crippen LogP contribution is 2.34. The topological polar surface area (TPSA) is 80.1 Å². The van der Waals surface area contributed by atoms with Gasteiger partial charge in [-0.1, -0.05) is 41.9 Å². The average Bonchev–Trinajstić information content (AvgIpc) is 3.26. The van der Waals surface area contributed by atoms with Crippen molar-refractivity contribution in [3.63, 3.8) is 0 Å². The summed E-state index contributed by atoms with van der Waals surface area (Å²) in [6, 6.07) is 14.9. The number of carbonyl (C=O) groups is 3. The molecule has 4 rings (SSSR count). The van der Waals surface area contributed by atoms with Crippen molar-refractivity contribution in [3.8, 4) is 0 Å². The maximum atomic E-state index is 13.8. The van der Waals surface area contributed by atoms with Crippen LogP contribution in [-0.4, -0.2) is 52.8 Å². The van der Waals surface area contributed by atoms with Gasteiger partial charge in [0.15, 0.2) is 0 Å². The molecule has 2 aromatic carbocycles. The van der Waals surface area contributed by atoms with E-state index in [0.29, 0.717) is 44.1 Å². The average molecular weight is 511 g/mol. The Bertz CT molecular complexity index is 1240. The summed E-state index contributed by atoms with van der Waals surface area (Å²) in [5.41, 5.74) is 1.53. The molecule has 8 heteroatoms. The number of nitrogens with zero attached hydrogens (tertiary/aromatic N) is 2. The van der Waals surface area contributed by atoms with Crippen molar-refractivity contribution in [3.05, 3.63) is 70.9 Å². The molecule has 0 saturated carbocycles. The third-order valence-electron chi connectivity index (χ3n) is 6.77. The first kappa shape index (κ1) is 25.8. The van der Waals surface area contributed by atoms with Crippen molar-refractivity contribution in [1.29, 1.82) is 0 Å². The summed E-state index contributed by atoms with van der Waals surface area (Å²) in [7, 11) is 0. The van der Waals surface area contributed by atoms with Gasteiger partial charge < -0.3 is 19.0 Å². The van der Waals surface area contributed by atoms with Gasteiger partial charge in [0, 0.05) is 42.0 Å². The number of esters is 1. The third kappa shape index (κ3) is 5.57. The highest BCUT2D eigenvalue weighted by atomic mass is 35.5. The number of rotatable bonds is 10. The molecule has 1 saturated heterocycles. The Morgan fingerprint density at radius 2 is 1.89 bits per heavy atom. The monoisotopic (exact) mass is 510 g/mol. The van der Waals surface area contributed by atoms with Crippen molar-refractivity contribution in [2.24, 2.45) is 0 Å². The third-order valence-corrected chi connectivity index (χ3v) is 7.02. The van der Waals surface area contributed by atoms with Crippen LogP contribution in [-0.2, 0) is 32.1 Å². The molecule has 0 radical (unpaired) electrons. The number of benzene rings is 2. The predicted octanol–water partition coefficient (Wildman–Crippen LogP) is 4.99. The Labute approximate surface area is 215 Å². The van der Waals surface area contributed by atoms with E-state index in [4.69, 9.17) is 20.8 Å². The molecule has 0 spiro atoms. The summed E-state index contributed by atoms with van der Waals surface area (Å²) in [6.45, 7) is 5.18. The number of fused-ring (bicyclic) bond motifs is 1. The highest BCUT2D eigenvalue weighted by molar-refractivity contribution is 6.30. The summed E-state index contributed by atoms with van der Waals surface area (Å²) in [4.78, 5) is 42.3. The van der Waals surface area contributed by atoms with Gasteiger partial charge in [0.2, 0.25) is 11.8 Å². The van der Waals surface area contributed by atoms with Crippen LogP contribution in [0.1, 0.15) is 44.2 Å². The van der Waals surface area contributed by atoms with Gasteiger partial charge in [-0.2, -0.15) is 0 Å². The molecular weight excluding hydrogens is 480 g/mol. The van der Waals surface area contributed by atoms with Gasteiger partial charge in [0.05, 0.1) is 19.3 Å². The van der Waals surface area contributed by atoms with Crippen LogP contribution >= 0.6 is 11.6 Å². The van der Waals surface area contributed by atoms with Crippen molar-refractivity contribution in [1.82, 2.24) is 9.80 Å². The second-order valence-electron chi connectivity index (χ2n) is 9.26. The van der Waals surface area contributed by atoms with Gasteiger partial charge in [0.25, 0.3) is 0 Å². The van der Waals surface area contributed by atoms with E-state index in [1.807, 2.05) is 43.3 Å². The predicted molar refractivity (Wildman–Crippen MR) is 137 cm³/mol.